The molecule has 0 atom stereocenters. The third-order valence-corrected chi connectivity index (χ3v) is 4.90. The van der Waals surface area contributed by atoms with Crippen LogP contribution < -0.4 is 11.2 Å². The number of aryl methyl sites for hydroxylation is 2. The van der Waals surface area contributed by atoms with Crippen LogP contribution in [0.5, 0.6) is 0 Å². The Kier molecular flexibility index (Phi) is 4.65. The Morgan fingerprint density at radius 1 is 0.750 bits per heavy atom. The molecule has 0 aliphatic heterocycles. The summed E-state index contributed by atoms with van der Waals surface area (Å²) in [6, 6.07) is 19.3. The van der Waals surface area contributed by atoms with Gasteiger partial charge in [-0.15, -0.1) is 0 Å². The van der Waals surface area contributed by atoms with Crippen LogP contribution in [0.2, 0.25) is 0 Å². The van der Waals surface area contributed by atoms with Crippen molar-refractivity contribution in [1.29, 1.82) is 0 Å². The highest BCUT2D eigenvalue weighted by Crippen LogP contribution is 2.10. The number of benzene rings is 2. The van der Waals surface area contributed by atoms with Crippen molar-refractivity contribution >= 4 is 11.0 Å². The van der Waals surface area contributed by atoms with Gasteiger partial charge in [-0.05, 0) is 37.1 Å². The minimum Gasteiger partial charge on any atom is -0.273 e. The monoisotopic (exact) mass is 371 g/mol. The van der Waals surface area contributed by atoms with Crippen molar-refractivity contribution in [2.45, 2.75) is 26.9 Å². The lowest BCUT2D eigenvalue weighted by molar-refractivity contribution is 0.630. The summed E-state index contributed by atoms with van der Waals surface area (Å²) in [7, 11) is 0. The first-order valence-electron chi connectivity index (χ1n) is 9.22. The first-order valence-corrected chi connectivity index (χ1v) is 9.22. The standard InChI is InChI=1S/C23H21N3O2/c1-16-5-9-18(10-6-16)14-25-21-20(4-3-13-24-21)22(27)26(23(25)28)15-19-11-7-17(2)8-12-19/h3-13H,14-15H2,1-2H3. The Morgan fingerprint density at radius 2 is 1.29 bits per heavy atom. The van der Waals surface area contributed by atoms with E-state index in [9.17, 15) is 9.59 Å². The third-order valence-electron chi connectivity index (χ3n) is 4.90. The highest BCUT2D eigenvalue weighted by molar-refractivity contribution is 5.73. The third kappa shape index (κ3) is 3.39. The summed E-state index contributed by atoms with van der Waals surface area (Å²) >= 11 is 0. The molecule has 5 nitrogen and oxygen atoms in total. The van der Waals surface area contributed by atoms with E-state index in [-0.39, 0.29) is 17.8 Å². The van der Waals surface area contributed by atoms with Gasteiger partial charge in [0.15, 0.2) is 0 Å². The summed E-state index contributed by atoms with van der Waals surface area (Å²) in [4.78, 5) is 30.5. The van der Waals surface area contributed by atoms with E-state index in [4.69, 9.17) is 0 Å². The molecule has 4 aromatic rings. The van der Waals surface area contributed by atoms with Gasteiger partial charge in [0.2, 0.25) is 0 Å². The maximum Gasteiger partial charge on any atom is 0.333 e. The topological polar surface area (TPSA) is 56.9 Å². The first kappa shape index (κ1) is 17.9. The van der Waals surface area contributed by atoms with E-state index in [0.29, 0.717) is 17.6 Å². The predicted molar refractivity (Wildman–Crippen MR) is 111 cm³/mol. The van der Waals surface area contributed by atoms with E-state index >= 15 is 0 Å². The van der Waals surface area contributed by atoms with Crippen LogP contribution in [0.3, 0.4) is 0 Å². The molecule has 0 radical (unpaired) electrons. The lowest BCUT2D eigenvalue weighted by Gasteiger charge is -2.14. The van der Waals surface area contributed by atoms with Gasteiger partial charge < -0.3 is 0 Å². The van der Waals surface area contributed by atoms with Gasteiger partial charge in [0.1, 0.15) is 5.65 Å². The number of hydrogen-bond donors (Lipinski definition) is 0. The quantitative estimate of drug-likeness (QED) is 0.553. The molecule has 0 amide bonds. The van der Waals surface area contributed by atoms with Crippen molar-refractivity contribution < 1.29 is 0 Å². The number of aromatic nitrogens is 3. The molecular formula is C23H21N3O2. The second-order valence-corrected chi connectivity index (χ2v) is 7.11. The molecule has 0 fully saturated rings. The van der Waals surface area contributed by atoms with Crippen molar-refractivity contribution in [2.75, 3.05) is 0 Å². The summed E-state index contributed by atoms with van der Waals surface area (Å²) < 4.78 is 2.87. The summed E-state index contributed by atoms with van der Waals surface area (Å²) in [5.74, 6) is 0. The number of hydrogen-bond acceptors (Lipinski definition) is 3. The normalized spacial score (nSPS) is 11.1. The first-order chi connectivity index (χ1) is 13.5. The van der Waals surface area contributed by atoms with Crippen molar-refractivity contribution in [2.24, 2.45) is 0 Å². The van der Waals surface area contributed by atoms with Crippen LogP contribution in [-0.4, -0.2) is 14.1 Å². The largest absolute Gasteiger partial charge is 0.333 e. The maximum absolute atomic E-state index is 13.2. The molecule has 140 valence electrons. The number of pyridine rings is 1. The average Bonchev–Trinajstić information content (AvgIpc) is 2.71. The summed E-state index contributed by atoms with van der Waals surface area (Å²) in [6.07, 6.45) is 1.61. The van der Waals surface area contributed by atoms with Gasteiger partial charge in [0.05, 0.1) is 18.5 Å². The van der Waals surface area contributed by atoms with Crippen molar-refractivity contribution in [3.8, 4) is 0 Å². The Balaban J connectivity index is 1.88. The van der Waals surface area contributed by atoms with Gasteiger partial charge in [-0.1, -0.05) is 59.7 Å². The Bertz CT molecular complexity index is 1250. The molecule has 0 N–H and O–H groups in total. The Labute approximate surface area is 162 Å². The highest BCUT2D eigenvalue weighted by Gasteiger charge is 2.14. The minimum absolute atomic E-state index is 0.233. The molecule has 2 heterocycles. The van der Waals surface area contributed by atoms with Gasteiger partial charge in [-0.25, -0.2) is 9.78 Å². The average molecular weight is 371 g/mol. The second-order valence-electron chi connectivity index (χ2n) is 7.11. The summed E-state index contributed by atoms with van der Waals surface area (Å²) in [6.45, 7) is 4.62. The van der Waals surface area contributed by atoms with Gasteiger partial charge in [-0.2, -0.15) is 0 Å². The molecule has 4 rings (SSSR count). The zero-order valence-electron chi connectivity index (χ0n) is 15.9. The molecule has 28 heavy (non-hydrogen) atoms. The molecule has 0 spiro atoms. The maximum atomic E-state index is 13.2. The smallest absolute Gasteiger partial charge is 0.273 e. The predicted octanol–water partition coefficient (Wildman–Crippen LogP) is 3.27. The van der Waals surface area contributed by atoms with Crippen LogP contribution in [0.1, 0.15) is 22.3 Å². The van der Waals surface area contributed by atoms with E-state index in [1.54, 1.807) is 22.9 Å². The van der Waals surface area contributed by atoms with Crippen LogP contribution in [0.15, 0.2) is 76.4 Å². The lowest BCUT2D eigenvalue weighted by atomic mass is 10.1. The van der Waals surface area contributed by atoms with Gasteiger partial charge in [0.25, 0.3) is 5.56 Å². The molecule has 0 bridgehead atoms. The number of rotatable bonds is 4. The zero-order chi connectivity index (χ0) is 19.7. The molecule has 0 unspecified atom stereocenters. The zero-order valence-corrected chi connectivity index (χ0v) is 15.9. The van der Waals surface area contributed by atoms with Crippen LogP contribution >= 0.6 is 0 Å². The van der Waals surface area contributed by atoms with E-state index in [0.717, 1.165) is 22.3 Å². The summed E-state index contributed by atoms with van der Waals surface area (Å²) in [5.41, 5.74) is 3.94. The van der Waals surface area contributed by atoms with Gasteiger partial charge in [-0.3, -0.25) is 13.9 Å². The molecule has 5 heteroatoms. The lowest BCUT2D eigenvalue weighted by Crippen LogP contribution is -2.40. The fraction of sp³-hybridized carbons (Fsp3) is 0.174. The Hall–Kier alpha value is -3.47. The molecular weight excluding hydrogens is 350 g/mol. The van der Waals surface area contributed by atoms with Crippen LogP contribution in [0, 0.1) is 13.8 Å². The Morgan fingerprint density at radius 3 is 1.86 bits per heavy atom. The van der Waals surface area contributed by atoms with Crippen LogP contribution in [0.4, 0.5) is 0 Å². The molecule has 0 saturated heterocycles. The minimum atomic E-state index is -0.350. The van der Waals surface area contributed by atoms with E-state index in [2.05, 4.69) is 4.98 Å². The van der Waals surface area contributed by atoms with Crippen molar-refractivity contribution in [3.05, 3.63) is 110 Å². The second kappa shape index (κ2) is 7.27. The van der Waals surface area contributed by atoms with E-state index in [1.165, 1.54) is 4.57 Å². The van der Waals surface area contributed by atoms with E-state index in [1.807, 2.05) is 62.4 Å². The van der Waals surface area contributed by atoms with Gasteiger partial charge >= 0.3 is 5.69 Å². The molecule has 2 aromatic heterocycles. The van der Waals surface area contributed by atoms with Crippen LogP contribution in [-0.2, 0) is 13.1 Å². The summed E-state index contributed by atoms with van der Waals surface area (Å²) in [5, 5.41) is 0.446. The molecule has 2 aromatic carbocycles. The van der Waals surface area contributed by atoms with Gasteiger partial charge in [0, 0.05) is 6.20 Å². The fourth-order valence-electron chi connectivity index (χ4n) is 3.28. The van der Waals surface area contributed by atoms with Crippen molar-refractivity contribution in [1.82, 2.24) is 14.1 Å². The van der Waals surface area contributed by atoms with Crippen LogP contribution in [0.25, 0.3) is 11.0 Å². The molecule has 0 aliphatic carbocycles. The molecule has 0 saturated carbocycles. The SMILES string of the molecule is Cc1ccc(Cn2c(=O)c3cccnc3n(Cc3ccc(C)cc3)c2=O)cc1. The highest BCUT2D eigenvalue weighted by atomic mass is 16.2. The number of fused-ring (bicyclic) bond motifs is 1. The fourth-order valence-corrected chi connectivity index (χ4v) is 3.28. The van der Waals surface area contributed by atoms with Crippen molar-refractivity contribution in [3.63, 3.8) is 0 Å². The number of nitrogens with zero attached hydrogens (tertiary/aromatic N) is 3. The van der Waals surface area contributed by atoms with E-state index < -0.39 is 0 Å². The molecule has 0 aliphatic rings.